The summed E-state index contributed by atoms with van der Waals surface area (Å²) in [6.07, 6.45) is 3.33. The topological polar surface area (TPSA) is 83.5 Å². The highest BCUT2D eigenvalue weighted by Crippen LogP contribution is 2.48. The van der Waals surface area contributed by atoms with Crippen LogP contribution in [0, 0.1) is 23.7 Å². The van der Waals surface area contributed by atoms with E-state index < -0.39 is 28.0 Å². The highest BCUT2D eigenvalue weighted by molar-refractivity contribution is 7.89. The predicted molar refractivity (Wildman–Crippen MR) is 72.1 cm³/mol. The lowest BCUT2D eigenvalue weighted by atomic mass is 9.85. The van der Waals surface area contributed by atoms with Crippen LogP contribution in [0.15, 0.2) is 0 Å². The molecule has 0 radical (unpaired) electrons. The van der Waals surface area contributed by atoms with Crippen LogP contribution in [0.3, 0.4) is 0 Å². The molecule has 110 valence electrons. The molecular formula is C13H23NO4S. The molecule has 2 aliphatic carbocycles. The molecule has 0 aromatic carbocycles. The summed E-state index contributed by atoms with van der Waals surface area (Å²) < 4.78 is 26.7. The second kappa shape index (κ2) is 5.40. The fraction of sp³-hybridized carbons (Fsp3) is 0.923. The Kier molecular flexibility index (Phi) is 4.20. The number of carbonyl (C=O) groups is 1. The van der Waals surface area contributed by atoms with E-state index in [2.05, 4.69) is 4.72 Å². The van der Waals surface area contributed by atoms with Crippen LogP contribution in [0.5, 0.6) is 0 Å². The van der Waals surface area contributed by atoms with Crippen molar-refractivity contribution in [3.05, 3.63) is 0 Å². The Morgan fingerprint density at radius 3 is 2.53 bits per heavy atom. The van der Waals surface area contributed by atoms with Gasteiger partial charge in [0.1, 0.15) is 0 Å². The largest absolute Gasteiger partial charge is 0.481 e. The van der Waals surface area contributed by atoms with Crippen molar-refractivity contribution < 1.29 is 18.3 Å². The van der Waals surface area contributed by atoms with E-state index in [9.17, 15) is 18.3 Å². The third-order valence-corrected chi connectivity index (χ3v) is 5.89. The van der Waals surface area contributed by atoms with Gasteiger partial charge < -0.3 is 5.11 Å². The van der Waals surface area contributed by atoms with Crippen molar-refractivity contribution in [3.8, 4) is 0 Å². The summed E-state index contributed by atoms with van der Waals surface area (Å²) >= 11 is 0. The molecule has 5 nitrogen and oxygen atoms in total. The fourth-order valence-electron chi connectivity index (χ4n) is 3.47. The van der Waals surface area contributed by atoms with Crippen molar-refractivity contribution in [1.82, 2.24) is 4.72 Å². The number of carboxylic acid groups (broad SMARTS) is 1. The van der Waals surface area contributed by atoms with Crippen LogP contribution in [0.4, 0.5) is 0 Å². The van der Waals surface area contributed by atoms with Gasteiger partial charge in [-0.2, -0.15) is 0 Å². The Balaban J connectivity index is 2.03. The second-order valence-electron chi connectivity index (χ2n) is 6.34. The number of hydrogen-bond acceptors (Lipinski definition) is 3. The molecule has 2 N–H and O–H groups in total. The number of aliphatic carboxylic acids is 1. The van der Waals surface area contributed by atoms with Crippen molar-refractivity contribution in [2.24, 2.45) is 23.7 Å². The Labute approximate surface area is 114 Å². The molecule has 6 heteroatoms. The van der Waals surface area contributed by atoms with Crippen molar-refractivity contribution in [2.75, 3.05) is 5.75 Å². The van der Waals surface area contributed by atoms with Crippen molar-refractivity contribution in [2.45, 2.75) is 45.6 Å². The van der Waals surface area contributed by atoms with E-state index in [0.29, 0.717) is 12.3 Å². The molecule has 2 fully saturated rings. The van der Waals surface area contributed by atoms with Crippen LogP contribution in [0.1, 0.15) is 39.5 Å². The molecule has 0 amide bonds. The monoisotopic (exact) mass is 289 g/mol. The quantitative estimate of drug-likeness (QED) is 0.775. The highest BCUT2D eigenvalue weighted by Gasteiger charge is 2.52. The number of fused-ring (bicyclic) bond motifs is 2. The first-order valence-corrected chi connectivity index (χ1v) is 8.68. The third-order valence-electron chi connectivity index (χ3n) is 4.48. The molecule has 2 rings (SSSR count). The maximum absolute atomic E-state index is 12.0. The minimum atomic E-state index is -3.36. The van der Waals surface area contributed by atoms with Gasteiger partial charge in [-0.05, 0) is 43.4 Å². The molecule has 4 unspecified atom stereocenters. The second-order valence-corrected chi connectivity index (χ2v) is 8.22. The molecule has 0 aromatic rings. The van der Waals surface area contributed by atoms with Crippen LogP contribution in [0.25, 0.3) is 0 Å². The number of sulfonamides is 1. The zero-order chi connectivity index (χ0) is 14.2. The molecule has 0 aromatic heterocycles. The van der Waals surface area contributed by atoms with Gasteiger partial charge in [0.2, 0.25) is 10.0 Å². The number of rotatable bonds is 6. The molecule has 2 saturated carbocycles. The first kappa shape index (κ1) is 14.8. The molecule has 0 heterocycles. The molecule has 2 aliphatic rings. The average molecular weight is 289 g/mol. The van der Waals surface area contributed by atoms with E-state index in [-0.39, 0.29) is 17.6 Å². The van der Waals surface area contributed by atoms with Crippen LogP contribution < -0.4 is 4.72 Å². The molecule has 19 heavy (non-hydrogen) atoms. The summed E-state index contributed by atoms with van der Waals surface area (Å²) in [6, 6.07) is -0.395. The van der Waals surface area contributed by atoms with Crippen molar-refractivity contribution in [1.29, 1.82) is 0 Å². The van der Waals surface area contributed by atoms with Gasteiger partial charge in [0.05, 0.1) is 11.7 Å². The van der Waals surface area contributed by atoms with Gasteiger partial charge in [-0.25, -0.2) is 13.1 Å². The van der Waals surface area contributed by atoms with Crippen molar-refractivity contribution >= 4 is 16.0 Å². The standard InChI is InChI=1S/C13H23NO4S/c1-8(2)5-6-19(17,18)14-12-10-4-3-9(7-10)11(12)13(15)16/h8-12,14H,3-7H2,1-2H3,(H,15,16). The summed E-state index contributed by atoms with van der Waals surface area (Å²) in [4.78, 5) is 11.3. The first-order chi connectivity index (χ1) is 8.80. The van der Waals surface area contributed by atoms with E-state index >= 15 is 0 Å². The van der Waals surface area contributed by atoms with Gasteiger partial charge in [-0.1, -0.05) is 13.8 Å². The van der Waals surface area contributed by atoms with Crippen LogP contribution in [-0.4, -0.2) is 31.3 Å². The van der Waals surface area contributed by atoms with Crippen molar-refractivity contribution in [3.63, 3.8) is 0 Å². The summed E-state index contributed by atoms with van der Waals surface area (Å²) in [6.45, 7) is 3.96. The minimum Gasteiger partial charge on any atom is -0.481 e. The van der Waals surface area contributed by atoms with Crippen LogP contribution in [0.2, 0.25) is 0 Å². The lowest BCUT2D eigenvalue weighted by Crippen LogP contribution is -2.47. The normalized spacial score (nSPS) is 34.1. The Bertz CT molecular complexity index is 446. The van der Waals surface area contributed by atoms with E-state index in [0.717, 1.165) is 19.3 Å². The third kappa shape index (κ3) is 3.28. The van der Waals surface area contributed by atoms with E-state index in [1.807, 2.05) is 13.8 Å². The van der Waals surface area contributed by atoms with E-state index in [1.165, 1.54) is 0 Å². The smallest absolute Gasteiger partial charge is 0.308 e. The Morgan fingerprint density at radius 1 is 1.32 bits per heavy atom. The molecule has 0 saturated heterocycles. The Hall–Kier alpha value is -0.620. The van der Waals surface area contributed by atoms with Crippen LogP contribution in [-0.2, 0) is 14.8 Å². The van der Waals surface area contributed by atoms with Gasteiger partial charge in [0.25, 0.3) is 0 Å². The SMILES string of the molecule is CC(C)CCS(=O)(=O)NC1C2CCC(C2)C1C(=O)O. The van der Waals surface area contributed by atoms with Gasteiger partial charge in [-0.15, -0.1) is 0 Å². The van der Waals surface area contributed by atoms with Crippen LogP contribution >= 0.6 is 0 Å². The summed E-state index contributed by atoms with van der Waals surface area (Å²) in [5, 5.41) is 9.29. The lowest BCUT2D eigenvalue weighted by Gasteiger charge is -2.28. The lowest BCUT2D eigenvalue weighted by molar-refractivity contribution is -0.144. The zero-order valence-corrected chi connectivity index (χ0v) is 12.3. The average Bonchev–Trinajstić information content (AvgIpc) is 2.86. The van der Waals surface area contributed by atoms with E-state index in [4.69, 9.17) is 0 Å². The summed E-state index contributed by atoms with van der Waals surface area (Å²) in [7, 11) is -3.36. The van der Waals surface area contributed by atoms with Gasteiger partial charge in [0.15, 0.2) is 0 Å². The fourth-order valence-corrected chi connectivity index (χ4v) is 5.13. The van der Waals surface area contributed by atoms with Gasteiger partial charge >= 0.3 is 5.97 Å². The summed E-state index contributed by atoms with van der Waals surface area (Å²) in [5.41, 5.74) is 0. The first-order valence-electron chi connectivity index (χ1n) is 7.03. The van der Waals surface area contributed by atoms with E-state index in [1.54, 1.807) is 0 Å². The maximum Gasteiger partial charge on any atom is 0.308 e. The summed E-state index contributed by atoms with van der Waals surface area (Å²) in [5.74, 6) is -0.617. The molecular weight excluding hydrogens is 266 g/mol. The minimum absolute atomic E-state index is 0.0882. The number of hydrogen-bond donors (Lipinski definition) is 2. The predicted octanol–water partition coefficient (Wildman–Crippen LogP) is 1.45. The zero-order valence-electron chi connectivity index (χ0n) is 11.5. The maximum atomic E-state index is 12.0. The molecule has 0 aliphatic heterocycles. The van der Waals surface area contributed by atoms with Gasteiger partial charge in [-0.3, -0.25) is 4.79 Å². The number of carboxylic acids is 1. The molecule has 0 spiro atoms. The molecule has 4 atom stereocenters. The van der Waals surface area contributed by atoms with Gasteiger partial charge in [0, 0.05) is 6.04 Å². The number of nitrogens with one attached hydrogen (secondary N) is 1. The highest BCUT2D eigenvalue weighted by atomic mass is 32.2. The molecule has 2 bridgehead atoms. The Morgan fingerprint density at radius 2 is 1.95 bits per heavy atom.